The summed E-state index contributed by atoms with van der Waals surface area (Å²) in [6.45, 7) is 1.98. The molecule has 0 aromatic heterocycles. The number of carboxylic acids is 1. The van der Waals surface area contributed by atoms with Crippen LogP contribution in [0.15, 0.2) is 36.4 Å². The highest BCUT2D eigenvalue weighted by Gasteiger charge is 2.20. The number of fused-ring (bicyclic) bond motifs is 1. The fourth-order valence-corrected chi connectivity index (χ4v) is 2.47. The quantitative estimate of drug-likeness (QED) is 0.910. The van der Waals surface area contributed by atoms with Crippen LogP contribution in [0.3, 0.4) is 0 Å². The number of hydrogen-bond donors (Lipinski definition) is 1. The van der Waals surface area contributed by atoms with Crippen LogP contribution in [0, 0.1) is 5.82 Å². The molecule has 2 aromatic carbocycles. The van der Waals surface area contributed by atoms with Crippen LogP contribution in [0.4, 0.5) is 4.39 Å². The Kier molecular flexibility index (Phi) is 2.93. The first kappa shape index (κ1) is 12.7. The second-order valence-corrected chi connectivity index (χ2v) is 4.95. The van der Waals surface area contributed by atoms with Gasteiger partial charge in [-0.25, -0.2) is 9.18 Å². The van der Waals surface area contributed by atoms with Crippen molar-refractivity contribution < 1.29 is 19.0 Å². The molecule has 0 aliphatic carbocycles. The zero-order valence-corrected chi connectivity index (χ0v) is 10.9. The van der Waals surface area contributed by atoms with E-state index in [0.29, 0.717) is 11.1 Å². The highest BCUT2D eigenvalue weighted by Crippen LogP contribution is 2.34. The summed E-state index contributed by atoms with van der Waals surface area (Å²) in [6, 6.07) is 9.23. The summed E-state index contributed by atoms with van der Waals surface area (Å²) in [7, 11) is 0. The maximum absolute atomic E-state index is 13.9. The summed E-state index contributed by atoms with van der Waals surface area (Å²) in [5, 5.41) is 8.99. The first-order valence-electron chi connectivity index (χ1n) is 6.37. The van der Waals surface area contributed by atoms with Crippen LogP contribution in [0.5, 0.6) is 5.75 Å². The standard InChI is InChI=1S/C16H13FO3/c1-9-6-12-7-10(3-5-15(12)20-9)13-8-11(16(18)19)2-4-14(13)17/h2-5,7-9H,6H2,1H3,(H,18,19). The zero-order valence-electron chi connectivity index (χ0n) is 10.9. The highest BCUT2D eigenvalue weighted by molar-refractivity contribution is 5.89. The van der Waals surface area contributed by atoms with Crippen LogP contribution in [0.25, 0.3) is 11.1 Å². The molecule has 102 valence electrons. The van der Waals surface area contributed by atoms with Gasteiger partial charge in [0.1, 0.15) is 17.7 Å². The third-order valence-electron chi connectivity index (χ3n) is 3.42. The van der Waals surface area contributed by atoms with Crippen molar-refractivity contribution in [2.45, 2.75) is 19.4 Å². The lowest BCUT2D eigenvalue weighted by Crippen LogP contribution is -2.05. The molecule has 1 unspecified atom stereocenters. The molecule has 4 heteroatoms. The summed E-state index contributed by atoms with van der Waals surface area (Å²) in [5.41, 5.74) is 2.07. The number of carbonyl (C=O) groups is 1. The van der Waals surface area contributed by atoms with Gasteiger partial charge in [-0.05, 0) is 48.4 Å². The lowest BCUT2D eigenvalue weighted by atomic mass is 9.99. The molecule has 0 fully saturated rings. The second-order valence-electron chi connectivity index (χ2n) is 4.95. The predicted molar refractivity (Wildman–Crippen MR) is 72.6 cm³/mol. The van der Waals surface area contributed by atoms with E-state index in [4.69, 9.17) is 9.84 Å². The Hall–Kier alpha value is -2.36. The Bertz CT molecular complexity index is 694. The third kappa shape index (κ3) is 2.13. The molecule has 0 amide bonds. The molecule has 0 saturated heterocycles. The van der Waals surface area contributed by atoms with Crippen LogP contribution < -0.4 is 4.74 Å². The first-order valence-corrected chi connectivity index (χ1v) is 6.37. The summed E-state index contributed by atoms with van der Waals surface area (Å²) < 4.78 is 19.5. The molecule has 1 aliphatic rings. The van der Waals surface area contributed by atoms with Gasteiger partial charge in [-0.1, -0.05) is 6.07 Å². The molecule has 1 N–H and O–H groups in total. The minimum Gasteiger partial charge on any atom is -0.490 e. The minimum absolute atomic E-state index is 0.0755. The van der Waals surface area contributed by atoms with Crippen molar-refractivity contribution in [2.75, 3.05) is 0 Å². The molecule has 2 aromatic rings. The Morgan fingerprint density at radius 3 is 2.85 bits per heavy atom. The molecular formula is C16H13FO3. The van der Waals surface area contributed by atoms with Gasteiger partial charge in [0.25, 0.3) is 0 Å². The number of benzene rings is 2. The van der Waals surface area contributed by atoms with Crippen molar-refractivity contribution in [3.63, 3.8) is 0 Å². The van der Waals surface area contributed by atoms with E-state index in [1.807, 2.05) is 13.0 Å². The van der Waals surface area contributed by atoms with Crippen LogP contribution in [0.1, 0.15) is 22.8 Å². The van der Waals surface area contributed by atoms with Gasteiger partial charge < -0.3 is 9.84 Å². The molecule has 1 heterocycles. The van der Waals surface area contributed by atoms with Crippen LogP contribution in [-0.2, 0) is 6.42 Å². The van der Waals surface area contributed by atoms with Crippen LogP contribution in [0.2, 0.25) is 0 Å². The second kappa shape index (κ2) is 4.63. The number of hydrogen-bond acceptors (Lipinski definition) is 2. The fourth-order valence-electron chi connectivity index (χ4n) is 2.47. The number of carboxylic acid groups (broad SMARTS) is 1. The summed E-state index contributed by atoms with van der Waals surface area (Å²) >= 11 is 0. The zero-order chi connectivity index (χ0) is 14.3. The number of aromatic carboxylic acids is 1. The molecule has 1 atom stereocenters. The van der Waals surface area contributed by atoms with E-state index in [9.17, 15) is 9.18 Å². The van der Waals surface area contributed by atoms with E-state index in [0.717, 1.165) is 17.7 Å². The van der Waals surface area contributed by atoms with Crippen molar-refractivity contribution in [2.24, 2.45) is 0 Å². The van der Waals surface area contributed by atoms with Gasteiger partial charge in [-0.2, -0.15) is 0 Å². The monoisotopic (exact) mass is 272 g/mol. The highest BCUT2D eigenvalue weighted by atomic mass is 19.1. The van der Waals surface area contributed by atoms with E-state index in [1.165, 1.54) is 18.2 Å². The third-order valence-corrected chi connectivity index (χ3v) is 3.42. The normalized spacial score (nSPS) is 16.6. The van der Waals surface area contributed by atoms with E-state index in [-0.39, 0.29) is 11.7 Å². The van der Waals surface area contributed by atoms with Crippen LogP contribution in [-0.4, -0.2) is 17.2 Å². The molecule has 1 aliphatic heterocycles. The van der Waals surface area contributed by atoms with E-state index < -0.39 is 11.8 Å². The largest absolute Gasteiger partial charge is 0.490 e. The molecular weight excluding hydrogens is 259 g/mol. The van der Waals surface area contributed by atoms with Gasteiger partial charge in [-0.3, -0.25) is 0 Å². The van der Waals surface area contributed by atoms with Crippen molar-refractivity contribution in [1.82, 2.24) is 0 Å². The smallest absolute Gasteiger partial charge is 0.335 e. The van der Waals surface area contributed by atoms with Crippen molar-refractivity contribution in [1.29, 1.82) is 0 Å². The Morgan fingerprint density at radius 1 is 1.30 bits per heavy atom. The van der Waals surface area contributed by atoms with Crippen LogP contribution >= 0.6 is 0 Å². The van der Waals surface area contributed by atoms with Crippen molar-refractivity contribution in [3.05, 3.63) is 53.3 Å². The summed E-state index contributed by atoms with van der Waals surface area (Å²) in [4.78, 5) is 11.0. The SMILES string of the molecule is CC1Cc2cc(-c3cc(C(=O)O)ccc3F)ccc2O1. The molecule has 0 spiro atoms. The van der Waals surface area contributed by atoms with E-state index in [2.05, 4.69) is 0 Å². The van der Waals surface area contributed by atoms with Gasteiger partial charge >= 0.3 is 5.97 Å². The number of rotatable bonds is 2. The Labute approximate surface area is 115 Å². The molecule has 3 rings (SSSR count). The fraction of sp³-hybridized carbons (Fsp3) is 0.188. The molecule has 20 heavy (non-hydrogen) atoms. The average molecular weight is 272 g/mol. The summed E-state index contributed by atoms with van der Waals surface area (Å²) in [5.74, 6) is -0.678. The predicted octanol–water partition coefficient (Wildman–Crippen LogP) is 3.51. The number of ether oxygens (including phenoxy) is 1. The van der Waals surface area contributed by atoms with Gasteiger partial charge in [-0.15, -0.1) is 0 Å². The maximum atomic E-state index is 13.9. The lowest BCUT2D eigenvalue weighted by Gasteiger charge is -2.07. The number of halogens is 1. The molecule has 0 saturated carbocycles. The van der Waals surface area contributed by atoms with E-state index in [1.54, 1.807) is 12.1 Å². The minimum atomic E-state index is -1.07. The molecule has 3 nitrogen and oxygen atoms in total. The van der Waals surface area contributed by atoms with Gasteiger partial charge in [0.2, 0.25) is 0 Å². The van der Waals surface area contributed by atoms with Gasteiger partial charge in [0, 0.05) is 12.0 Å². The van der Waals surface area contributed by atoms with E-state index >= 15 is 0 Å². The van der Waals surface area contributed by atoms with Gasteiger partial charge in [0.15, 0.2) is 0 Å². The van der Waals surface area contributed by atoms with Crippen molar-refractivity contribution >= 4 is 5.97 Å². The van der Waals surface area contributed by atoms with Crippen molar-refractivity contribution in [3.8, 4) is 16.9 Å². The maximum Gasteiger partial charge on any atom is 0.335 e. The lowest BCUT2D eigenvalue weighted by molar-refractivity contribution is 0.0697. The molecule has 0 radical (unpaired) electrons. The average Bonchev–Trinajstić information content (AvgIpc) is 2.78. The first-order chi connectivity index (χ1) is 9.54. The Balaban J connectivity index is 2.08. The molecule has 0 bridgehead atoms. The topological polar surface area (TPSA) is 46.5 Å². The Morgan fingerprint density at radius 2 is 2.10 bits per heavy atom. The summed E-state index contributed by atoms with van der Waals surface area (Å²) in [6.07, 6.45) is 0.902. The van der Waals surface area contributed by atoms with Gasteiger partial charge in [0.05, 0.1) is 5.56 Å².